The maximum absolute atomic E-state index is 14.2. The van der Waals surface area contributed by atoms with Crippen LogP contribution in [0.3, 0.4) is 0 Å². The molecule has 3 heterocycles. The molecule has 1 aromatic heterocycles. The quantitative estimate of drug-likeness (QED) is 0.526. The number of pyridine rings is 1. The maximum Gasteiger partial charge on any atom is 0.209 e. The minimum atomic E-state index is -3.28. The van der Waals surface area contributed by atoms with E-state index in [0.717, 1.165) is 69.6 Å². The molecule has 198 valence electrons. The first kappa shape index (κ1) is 27.5. The van der Waals surface area contributed by atoms with Gasteiger partial charge >= 0.3 is 0 Å². The largest absolute Gasteiger partial charge is 0.353 e. The van der Waals surface area contributed by atoms with Crippen molar-refractivity contribution in [2.45, 2.75) is 51.4 Å². The number of hydrogen-bond acceptors (Lipinski definition) is 6. The van der Waals surface area contributed by atoms with Crippen LogP contribution in [0.4, 0.5) is 10.2 Å². The predicted molar refractivity (Wildman–Crippen MR) is 144 cm³/mol. The van der Waals surface area contributed by atoms with E-state index in [4.69, 9.17) is 23.2 Å². The van der Waals surface area contributed by atoms with Crippen molar-refractivity contribution in [3.8, 4) is 0 Å². The van der Waals surface area contributed by atoms with Gasteiger partial charge in [-0.2, -0.15) is 0 Å². The van der Waals surface area contributed by atoms with Crippen LogP contribution in [0.25, 0.3) is 0 Å². The molecule has 0 aliphatic carbocycles. The average molecular weight is 559 g/mol. The molecule has 4 rings (SSSR count). The minimum absolute atomic E-state index is 0.167. The third-order valence-corrected chi connectivity index (χ3v) is 8.33. The van der Waals surface area contributed by atoms with Gasteiger partial charge in [-0.1, -0.05) is 36.2 Å². The number of nitrogens with one attached hydrogen (secondary N) is 1. The highest BCUT2D eigenvalue weighted by Crippen LogP contribution is 2.30. The summed E-state index contributed by atoms with van der Waals surface area (Å²) in [5, 5.41) is 0.963. The number of aromatic nitrogens is 1. The van der Waals surface area contributed by atoms with E-state index >= 15 is 0 Å². The van der Waals surface area contributed by atoms with E-state index in [9.17, 15) is 12.8 Å². The summed E-state index contributed by atoms with van der Waals surface area (Å²) in [6.45, 7) is 7.50. The number of nitrogens with zero attached hydrogens (tertiary/aromatic N) is 4. The molecule has 0 unspecified atom stereocenters. The Bertz CT molecular complexity index is 1160. The fraction of sp³-hybridized carbons (Fsp3) is 0.560. The summed E-state index contributed by atoms with van der Waals surface area (Å²) in [6.07, 6.45) is 5.97. The Morgan fingerprint density at radius 3 is 2.53 bits per heavy atom. The van der Waals surface area contributed by atoms with Crippen molar-refractivity contribution in [1.82, 2.24) is 19.5 Å². The summed E-state index contributed by atoms with van der Waals surface area (Å²) < 4.78 is 39.4. The van der Waals surface area contributed by atoms with E-state index in [0.29, 0.717) is 34.2 Å². The van der Waals surface area contributed by atoms with Gasteiger partial charge < -0.3 is 4.90 Å². The number of anilines is 1. The van der Waals surface area contributed by atoms with Crippen molar-refractivity contribution < 1.29 is 12.8 Å². The van der Waals surface area contributed by atoms with E-state index < -0.39 is 10.0 Å². The molecule has 0 saturated carbocycles. The van der Waals surface area contributed by atoms with Gasteiger partial charge in [0.2, 0.25) is 10.0 Å². The van der Waals surface area contributed by atoms with Gasteiger partial charge in [0.25, 0.3) is 0 Å². The zero-order chi connectivity index (χ0) is 25.9. The van der Waals surface area contributed by atoms with Crippen LogP contribution in [-0.2, 0) is 23.1 Å². The van der Waals surface area contributed by atoms with Crippen LogP contribution >= 0.6 is 23.2 Å². The molecule has 2 aliphatic heterocycles. The molecule has 2 saturated heterocycles. The van der Waals surface area contributed by atoms with E-state index in [2.05, 4.69) is 31.3 Å². The molecule has 0 amide bonds. The van der Waals surface area contributed by atoms with Crippen molar-refractivity contribution in [1.29, 1.82) is 0 Å². The van der Waals surface area contributed by atoms with E-state index in [1.54, 1.807) is 24.4 Å². The maximum atomic E-state index is 14.2. The molecule has 0 spiro atoms. The molecule has 2 aliphatic rings. The molecule has 0 radical (unpaired) electrons. The third-order valence-electron chi connectivity index (χ3n) is 7.15. The van der Waals surface area contributed by atoms with Crippen LogP contribution in [0.5, 0.6) is 0 Å². The highest BCUT2D eigenvalue weighted by atomic mass is 35.5. The monoisotopic (exact) mass is 557 g/mol. The topological polar surface area (TPSA) is 68.8 Å². The van der Waals surface area contributed by atoms with Gasteiger partial charge in [-0.3, -0.25) is 9.80 Å². The molecule has 2 fully saturated rings. The van der Waals surface area contributed by atoms with Crippen LogP contribution in [0.1, 0.15) is 37.3 Å². The number of benzene rings is 1. The predicted octanol–water partition coefficient (Wildman–Crippen LogP) is 4.14. The van der Waals surface area contributed by atoms with Gasteiger partial charge in [0.05, 0.1) is 11.3 Å². The molecule has 1 N–H and O–H groups in total. The molecule has 1 aromatic carbocycles. The molecular weight excluding hydrogens is 524 g/mol. The van der Waals surface area contributed by atoms with Gasteiger partial charge in [0.1, 0.15) is 11.6 Å². The zero-order valence-electron chi connectivity index (χ0n) is 20.8. The van der Waals surface area contributed by atoms with Crippen molar-refractivity contribution in [2.24, 2.45) is 0 Å². The Morgan fingerprint density at radius 1 is 1.14 bits per heavy atom. The third kappa shape index (κ3) is 7.08. The van der Waals surface area contributed by atoms with E-state index in [1.165, 1.54) is 6.07 Å². The lowest BCUT2D eigenvalue weighted by Gasteiger charge is -2.47. The standard InChI is InChI=1S/C25H34Cl2FN5O2S/c1-3-21-17-32(25-23(27)12-18(14-29-25)15-30-36(2,34)35)10-11-33(21)22-6-8-31(9-7-22)16-19-4-5-20(26)13-24(19)28/h4-5,12-14,21-22,30H,3,6-11,15-17H2,1-2H3/t21-/m0/s1. The lowest BCUT2D eigenvalue weighted by atomic mass is 9.97. The second kappa shape index (κ2) is 11.9. The minimum Gasteiger partial charge on any atom is -0.353 e. The van der Waals surface area contributed by atoms with Gasteiger partial charge in [-0.05, 0) is 56.1 Å². The Labute approximate surface area is 223 Å². The van der Waals surface area contributed by atoms with Crippen molar-refractivity contribution in [3.63, 3.8) is 0 Å². The van der Waals surface area contributed by atoms with E-state index in [-0.39, 0.29) is 12.4 Å². The Hall–Kier alpha value is -1.49. The fourth-order valence-corrected chi connectivity index (χ4v) is 6.12. The van der Waals surface area contributed by atoms with Crippen LogP contribution < -0.4 is 9.62 Å². The van der Waals surface area contributed by atoms with Gasteiger partial charge in [0.15, 0.2) is 0 Å². The fourth-order valence-electron chi connectivity index (χ4n) is 5.22. The molecule has 2 aromatic rings. The summed E-state index contributed by atoms with van der Waals surface area (Å²) in [4.78, 5) is 11.8. The first-order chi connectivity index (χ1) is 17.1. The second-order valence-electron chi connectivity index (χ2n) is 9.73. The van der Waals surface area contributed by atoms with Crippen LogP contribution in [-0.4, -0.2) is 74.3 Å². The average Bonchev–Trinajstić information content (AvgIpc) is 2.84. The number of halogens is 3. The lowest BCUT2D eigenvalue weighted by molar-refractivity contribution is 0.0607. The molecule has 0 bridgehead atoms. The number of piperidine rings is 1. The van der Waals surface area contributed by atoms with Crippen LogP contribution in [0.15, 0.2) is 30.5 Å². The zero-order valence-corrected chi connectivity index (χ0v) is 23.1. The number of piperazine rings is 1. The van der Waals surface area contributed by atoms with Gasteiger partial charge in [0, 0.05) is 61.6 Å². The SMILES string of the molecule is CC[C@H]1CN(c2ncc(CNS(C)(=O)=O)cc2Cl)CCN1C1CCN(Cc2ccc(Cl)cc2F)CC1. The van der Waals surface area contributed by atoms with Crippen LogP contribution in [0.2, 0.25) is 10.0 Å². The normalized spacial score (nSPS) is 20.7. The van der Waals surface area contributed by atoms with Crippen molar-refractivity contribution >= 4 is 39.0 Å². The van der Waals surface area contributed by atoms with Crippen molar-refractivity contribution in [2.75, 3.05) is 43.9 Å². The molecule has 1 atom stereocenters. The number of likely N-dealkylation sites (tertiary alicyclic amines) is 1. The van der Waals surface area contributed by atoms with Gasteiger partial charge in [-0.25, -0.2) is 22.5 Å². The van der Waals surface area contributed by atoms with E-state index in [1.807, 2.05) is 0 Å². The molecular formula is C25H34Cl2FN5O2S. The molecule has 11 heteroatoms. The summed E-state index contributed by atoms with van der Waals surface area (Å²) in [7, 11) is -3.28. The summed E-state index contributed by atoms with van der Waals surface area (Å²) in [5.41, 5.74) is 1.42. The molecule has 7 nitrogen and oxygen atoms in total. The lowest BCUT2D eigenvalue weighted by Crippen LogP contribution is -2.58. The summed E-state index contributed by atoms with van der Waals surface area (Å²) in [6, 6.07) is 7.61. The second-order valence-corrected chi connectivity index (χ2v) is 12.4. The number of rotatable bonds is 8. The first-order valence-corrected chi connectivity index (χ1v) is 15.0. The smallest absolute Gasteiger partial charge is 0.209 e. The Balaban J connectivity index is 1.32. The first-order valence-electron chi connectivity index (χ1n) is 12.4. The molecule has 36 heavy (non-hydrogen) atoms. The highest BCUT2D eigenvalue weighted by molar-refractivity contribution is 7.88. The van der Waals surface area contributed by atoms with Crippen molar-refractivity contribution in [3.05, 3.63) is 57.5 Å². The number of sulfonamides is 1. The Morgan fingerprint density at radius 2 is 1.89 bits per heavy atom. The van der Waals surface area contributed by atoms with Crippen LogP contribution in [0, 0.1) is 5.82 Å². The van der Waals surface area contributed by atoms with Gasteiger partial charge in [-0.15, -0.1) is 0 Å². The highest BCUT2D eigenvalue weighted by Gasteiger charge is 2.34. The summed E-state index contributed by atoms with van der Waals surface area (Å²) in [5.74, 6) is 0.511. The number of hydrogen-bond donors (Lipinski definition) is 1. The summed E-state index contributed by atoms with van der Waals surface area (Å²) >= 11 is 12.4. The Kier molecular flexibility index (Phi) is 9.12.